The molecule has 2 aromatic carbocycles. The normalized spacial score (nSPS) is 10.1. The number of carbonyl (C=O) groups is 2. The van der Waals surface area contributed by atoms with Crippen LogP contribution in [0.15, 0.2) is 61.2 Å². The summed E-state index contributed by atoms with van der Waals surface area (Å²) in [5.41, 5.74) is 0.658. The van der Waals surface area contributed by atoms with E-state index in [9.17, 15) is 19.7 Å². The van der Waals surface area contributed by atoms with E-state index in [-0.39, 0.29) is 30.1 Å². The van der Waals surface area contributed by atoms with Gasteiger partial charge >= 0.3 is 11.9 Å². The number of hydrogen-bond donors (Lipinski definition) is 0. The third-order valence-corrected chi connectivity index (χ3v) is 5.78. The van der Waals surface area contributed by atoms with E-state index in [2.05, 4.69) is 11.4 Å². The Morgan fingerprint density at radius 2 is 1.80 bits per heavy atom. The van der Waals surface area contributed by atoms with Crippen molar-refractivity contribution in [1.82, 2.24) is 0 Å². The van der Waals surface area contributed by atoms with Crippen molar-refractivity contribution in [2.45, 2.75) is 13.0 Å². The maximum absolute atomic E-state index is 12.5. The Bertz CT molecular complexity index is 887. The van der Waals surface area contributed by atoms with Gasteiger partial charge in [0.2, 0.25) is 0 Å². The van der Waals surface area contributed by atoms with Crippen LogP contribution in [0.4, 0.5) is 0 Å². The average molecular weight is 450 g/mol. The molecule has 0 bridgehead atoms. The molecular weight excluding hydrogens is 430 g/mol. The lowest BCUT2D eigenvalue weighted by molar-refractivity contribution is -0.763. The number of nitrogens with zero attached hydrogens (tertiary/aromatic N) is 1. The standard InChI is InChI=1S/C20H19NO7S2/c1-2-12-29-30-13-11-19(22)28-18-6-4-3-5-17(18)20(23)27-16-9-7-15(8-10-16)14-26-21(24)25/h2-10H,1,11-14H2. The molecular formula is C20H19NO7S2. The van der Waals surface area contributed by atoms with Crippen LogP contribution in [0.5, 0.6) is 11.5 Å². The van der Waals surface area contributed by atoms with Crippen LogP contribution in [0.1, 0.15) is 22.3 Å². The number of rotatable bonds is 12. The van der Waals surface area contributed by atoms with Crippen LogP contribution in [-0.4, -0.2) is 28.5 Å². The molecule has 0 atom stereocenters. The minimum absolute atomic E-state index is 0.111. The molecule has 0 aromatic heterocycles. The largest absolute Gasteiger partial charge is 0.426 e. The first-order valence-corrected chi connectivity index (χ1v) is 11.2. The van der Waals surface area contributed by atoms with Gasteiger partial charge in [0.1, 0.15) is 23.7 Å². The van der Waals surface area contributed by atoms with Gasteiger partial charge < -0.3 is 14.3 Å². The molecule has 0 radical (unpaired) electrons. The fourth-order valence-corrected chi connectivity index (χ4v) is 3.86. The third kappa shape index (κ3) is 8.18. The summed E-state index contributed by atoms with van der Waals surface area (Å²) >= 11 is 0. The van der Waals surface area contributed by atoms with Crippen molar-refractivity contribution in [2.75, 3.05) is 11.5 Å². The van der Waals surface area contributed by atoms with Crippen molar-refractivity contribution in [1.29, 1.82) is 0 Å². The maximum Gasteiger partial charge on any atom is 0.347 e. The van der Waals surface area contributed by atoms with Gasteiger partial charge in [-0.3, -0.25) is 4.79 Å². The number of ether oxygens (including phenoxy) is 2. The van der Waals surface area contributed by atoms with Crippen LogP contribution in [-0.2, 0) is 16.2 Å². The van der Waals surface area contributed by atoms with Gasteiger partial charge in [-0.2, -0.15) is 0 Å². The summed E-state index contributed by atoms with van der Waals surface area (Å²) in [5, 5.41) is 9.34. The fraction of sp³-hybridized carbons (Fsp3) is 0.200. The fourth-order valence-electron chi connectivity index (χ4n) is 2.12. The van der Waals surface area contributed by atoms with Crippen molar-refractivity contribution < 1.29 is 29.0 Å². The second kappa shape index (κ2) is 12.6. The first kappa shape index (κ1) is 23.3. The number of hydrogen-bond acceptors (Lipinski definition) is 9. The lowest BCUT2D eigenvalue weighted by Gasteiger charge is -2.10. The Hall–Kier alpha value is -2.98. The summed E-state index contributed by atoms with van der Waals surface area (Å²) in [4.78, 5) is 39.1. The van der Waals surface area contributed by atoms with Gasteiger partial charge in [-0.25, -0.2) is 4.79 Å². The molecule has 0 spiro atoms. The van der Waals surface area contributed by atoms with Gasteiger partial charge in [0, 0.05) is 11.5 Å². The Kier molecular flexibility index (Phi) is 9.75. The Morgan fingerprint density at radius 1 is 1.07 bits per heavy atom. The minimum atomic E-state index is -0.884. The van der Waals surface area contributed by atoms with E-state index in [1.807, 2.05) is 0 Å². The lowest BCUT2D eigenvalue weighted by Crippen LogP contribution is -2.14. The molecule has 10 heteroatoms. The molecule has 2 aromatic rings. The molecule has 0 aliphatic carbocycles. The van der Waals surface area contributed by atoms with E-state index in [0.717, 1.165) is 5.75 Å². The highest BCUT2D eigenvalue weighted by Gasteiger charge is 2.17. The first-order chi connectivity index (χ1) is 14.5. The molecule has 0 amide bonds. The monoisotopic (exact) mass is 449 g/mol. The molecule has 158 valence electrons. The van der Waals surface area contributed by atoms with Crippen molar-refractivity contribution in [2.24, 2.45) is 0 Å². The van der Waals surface area contributed by atoms with Gasteiger partial charge in [-0.05, 0) is 29.8 Å². The van der Waals surface area contributed by atoms with E-state index in [1.54, 1.807) is 51.9 Å². The predicted octanol–water partition coefficient (Wildman–Crippen LogP) is 4.48. The summed E-state index contributed by atoms with van der Waals surface area (Å²) in [6.07, 6.45) is 1.98. The van der Waals surface area contributed by atoms with Crippen molar-refractivity contribution >= 4 is 33.5 Å². The number of esters is 2. The summed E-state index contributed by atoms with van der Waals surface area (Å²) in [5.74, 6) is 0.587. The van der Waals surface area contributed by atoms with Gasteiger partial charge in [-0.1, -0.05) is 51.9 Å². The zero-order valence-electron chi connectivity index (χ0n) is 15.9. The van der Waals surface area contributed by atoms with Crippen LogP contribution < -0.4 is 9.47 Å². The highest BCUT2D eigenvalue weighted by Crippen LogP contribution is 2.24. The van der Waals surface area contributed by atoms with Crippen LogP contribution in [0, 0.1) is 10.1 Å². The maximum atomic E-state index is 12.5. The zero-order chi connectivity index (χ0) is 21.8. The van der Waals surface area contributed by atoms with Crippen LogP contribution in [0.3, 0.4) is 0 Å². The topological polar surface area (TPSA) is 105 Å². The minimum Gasteiger partial charge on any atom is -0.426 e. The first-order valence-electron chi connectivity index (χ1n) is 8.73. The van der Waals surface area contributed by atoms with E-state index in [4.69, 9.17) is 9.47 Å². The lowest BCUT2D eigenvalue weighted by atomic mass is 10.2. The summed E-state index contributed by atoms with van der Waals surface area (Å²) in [6, 6.07) is 12.4. The number of para-hydroxylation sites is 1. The molecule has 0 saturated heterocycles. The Balaban J connectivity index is 1.94. The molecule has 0 fully saturated rings. The van der Waals surface area contributed by atoms with Crippen LogP contribution in [0.2, 0.25) is 0 Å². The molecule has 30 heavy (non-hydrogen) atoms. The van der Waals surface area contributed by atoms with E-state index in [1.165, 1.54) is 24.3 Å². The van der Waals surface area contributed by atoms with Crippen LogP contribution >= 0.6 is 21.6 Å². The van der Waals surface area contributed by atoms with Crippen molar-refractivity contribution in [3.05, 3.63) is 82.4 Å². The molecule has 8 nitrogen and oxygen atoms in total. The summed E-state index contributed by atoms with van der Waals surface area (Å²) in [7, 11) is 3.13. The van der Waals surface area contributed by atoms with Gasteiger partial charge in [-0.15, -0.1) is 16.7 Å². The smallest absolute Gasteiger partial charge is 0.347 e. The third-order valence-electron chi connectivity index (χ3n) is 3.46. The number of carbonyl (C=O) groups excluding carboxylic acids is 2. The van der Waals surface area contributed by atoms with Crippen LogP contribution in [0.25, 0.3) is 0 Å². The molecule has 0 aliphatic rings. The molecule has 2 rings (SSSR count). The second-order valence-corrected chi connectivity index (χ2v) is 8.27. The summed E-state index contributed by atoms with van der Waals surface area (Å²) in [6.45, 7) is 3.42. The second-order valence-electron chi connectivity index (χ2n) is 5.65. The van der Waals surface area contributed by atoms with Gasteiger partial charge in [0.05, 0.1) is 6.42 Å². The molecule has 0 N–H and O–H groups in total. The Morgan fingerprint density at radius 3 is 2.50 bits per heavy atom. The Labute approximate surface area is 181 Å². The van der Waals surface area contributed by atoms with E-state index in [0.29, 0.717) is 11.3 Å². The molecule has 0 unspecified atom stereocenters. The van der Waals surface area contributed by atoms with E-state index < -0.39 is 17.0 Å². The van der Waals surface area contributed by atoms with Crippen molar-refractivity contribution in [3.63, 3.8) is 0 Å². The average Bonchev–Trinajstić information content (AvgIpc) is 2.73. The predicted molar refractivity (Wildman–Crippen MR) is 115 cm³/mol. The van der Waals surface area contributed by atoms with Gasteiger partial charge in [0.25, 0.3) is 5.09 Å². The SMILES string of the molecule is C=CCSSCCC(=O)Oc1ccccc1C(=O)Oc1ccc(CO[N+](=O)[O-])cc1. The highest BCUT2D eigenvalue weighted by molar-refractivity contribution is 8.76. The molecule has 0 heterocycles. The van der Waals surface area contributed by atoms with Crippen molar-refractivity contribution in [3.8, 4) is 11.5 Å². The number of benzene rings is 2. The van der Waals surface area contributed by atoms with E-state index >= 15 is 0 Å². The highest BCUT2D eigenvalue weighted by atomic mass is 33.1. The summed E-state index contributed by atoms with van der Waals surface area (Å²) < 4.78 is 10.6. The van der Waals surface area contributed by atoms with Gasteiger partial charge in [0.15, 0.2) is 0 Å². The molecule has 0 aliphatic heterocycles. The quantitative estimate of drug-likeness (QED) is 0.0882. The molecule has 0 saturated carbocycles. The zero-order valence-corrected chi connectivity index (χ0v) is 17.5.